The zero-order chi connectivity index (χ0) is 18.9. The average molecular weight is 357 g/mol. The SMILES string of the molecule is CCCCCCCCCCCC(=O)N[C@H](CCCN=C(N)N)C(=O)O. The second kappa shape index (κ2) is 15.7. The molecule has 0 aliphatic carbocycles. The maximum atomic E-state index is 11.9. The molecule has 0 fully saturated rings. The Morgan fingerprint density at radius 3 is 2.04 bits per heavy atom. The first-order valence-electron chi connectivity index (χ1n) is 9.55. The second-order valence-electron chi connectivity index (χ2n) is 6.49. The van der Waals surface area contributed by atoms with Gasteiger partial charge in [0, 0.05) is 13.0 Å². The number of nitrogens with one attached hydrogen (secondary N) is 1. The molecule has 0 unspecified atom stereocenters. The lowest BCUT2D eigenvalue weighted by atomic mass is 10.1. The van der Waals surface area contributed by atoms with Crippen LogP contribution in [0.5, 0.6) is 0 Å². The predicted molar refractivity (Wildman–Crippen MR) is 101 cm³/mol. The smallest absolute Gasteiger partial charge is 0.326 e. The number of aliphatic imine (C=N–C) groups is 1. The molecule has 0 aliphatic rings. The summed E-state index contributed by atoms with van der Waals surface area (Å²) in [5.41, 5.74) is 10.4. The largest absolute Gasteiger partial charge is 0.480 e. The molecule has 7 heteroatoms. The maximum Gasteiger partial charge on any atom is 0.326 e. The van der Waals surface area contributed by atoms with E-state index in [0.29, 0.717) is 25.8 Å². The molecule has 0 aromatic carbocycles. The Bertz CT molecular complexity index is 396. The lowest BCUT2D eigenvalue weighted by molar-refractivity contribution is -0.142. The Labute approximate surface area is 151 Å². The van der Waals surface area contributed by atoms with Crippen LogP contribution in [0, 0.1) is 0 Å². The van der Waals surface area contributed by atoms with Gasteiger partial charge in [-0.25, -0.2) is 4.79 Å². The number of aliphatic carboxylic acids is 1. The highest BCUT2D eigenvalue weighted by Gasteiger charge is 2.18. The fourth-order valence-electron chi connectivity index (χ4n) is 2.62. The number of guanidine groups is 1. The molecule has 1 amide bonds. The number of carboxylic acid groups (broad SMARTS) is 1. The summed E-state index contributed by atoms with van der Waals surface area (Å²) in [7, 11) is 0. The van der Waals surface area contributed by atoms with Crippen molar-refractivity contribution in [2.24, 2.45) is 16.5 Å². The summed E-state index contributed by atoms with van der Waals surface area (Å²) in [6.07, 6.45) is 11.9. The van der Waals surface area contributed by atoms with Crippen LogP contribution in [0.25, 0.3) is 0 Å². The molecule has 0 saturated carbocycles. The highest BCUT2D eigenvalue weighted by Crippen LogP contribution is 2.10. The molecule has 0 radical (unpaired) electrons. The van der Waals surface area contributed by atoms with Crippen LogP contribution in [0.1, 0.15) is 84.0 Å². The minimum absolute atomic E-state index is 0.0127. The molecule has 0 aromatic rings. The molecule has 7 nitrogen and oxygen atoms in total. The van der Waals surface area contributed by atoms with Crippen molar-refractivity contribution in [1.29, 1.82) is 0 Å². The first-order valence-corrected chi connectivity index (χ1v) is 9.55. The highest BCUT2D eigenvalue weighted by atomic mass is 16.4. The topological polar surface area (TPSA) is 131 Å². The van der Waals surface area contributed by atoms with Crippen LogP contribution in [-0.2, 0) is 9.59 Å². The zero-order valence-electron chi connectivity index (χ0n) is 15.6. The number of unbranched alkanes of at least 4 members (excludes halogenated alkanes) is 8. The molecule has 1 atom stereocenters. The number of rotatable bonds is 16. The zero-order valence-corrected chi connectivity index (χ0v) is 15.6. The Hall–Kier alpha value is -1.79. The van der Waals surface area contributed by atoms with Crippen molar-refractivity contribution in [2.75, 3.05) is 6.54 Å². The van der Waals surface area contributed by atoms with Crippen LogP contribution in [0.4, 0.5) is 0 Å². The molecule has 0 spiro atoms. The molecular formula is C18H36N4O3. The van der Waals surface area contributed by atoms with E-state index in [9.17, 15) is 9.59 Å². The van der Waals surface area contributed by atoms with E-state index in [2.05, 4.69) is 17.2 Å². The standard InChI is InChI=1S/C18H36N4O3/c1-2-3-4-5-6-7-8-9-10-13-16(23)22-15(17(24)25)12-11-14-21-18(19)20/h15H,2-14H2,1H3,(H,22,23)(H,24,25)(H4,19,20,21)/t15-/m1/s1. The van der Waals surface area contributed by atoms with Crippen molar-refractivity contribution in [3.8, 4) is 0 Å². The van der Waals surface area contributed by atoms with Gasteiger partial charge in [-0.1, -0.05) is 58.3 Å². The maximum absolute atomic E-state index is 11.9. The third-order valence-electron chi connectivity index (χ3n) is 4.09. The number of carbonyl (C=O) groups excluding carboxylic acids is 1. The molecule has 0 bridgehead atoms. The molecule has 0 aromatic heterocycles. The molecule has 0 heterocycles. The third kappa shape index (κ3) is 15.5. The molecule has 0 saturated heterocycles. The van der Waals surface area contributed by atoms with E-state index < -0.39 is 12.0 Å². The van der Waals surface area contributed by atoms with Crippen LogP contribution in [-0.4, -0.2) is 35.5 Å². The van der Waals surface area contributed by atoms with Gasteiger partial charge in [0.25, 0.3) is 0 Å². The number of hydrogen-bond acceptors (Lipinski definition) is 3. The monoisotopic (exact) mass is 356 g/mol. The van der Waals surface area contributed by atoms with E-state index in [1.54, 1.807) is 0 Å². The lowest BCUT2D eigenvalue weighted by Gasteiger charge is -2.14. The second-order valence-corrected chi connectivity index (χ2v) is 6.49. The fraction of sp³-hybridized carbons (Fsp3) is 0.833. The summed E-state index contributed by atoms with van der Waals surface area (Å²) in [6, 6.07) is -0.875. The van der Waals surface area contributed by atoms with E-state index in [-0.39, 0.29) is 11.9 Å². The number of nitrogens with zero attached hydrogens (tertiary/aromatic N) is 1. The first kappa shape index (κ1) is 23.2. The number of nitrogens with two attached hydrogens (primary N) is 2. The van der Waals surface area contributed by atoms with E-state index in [0.717, 1.165) is 19.3 Å². The Morgan fingerprint density at radius 1 is 0.960 bits per heavy atom. The summed E-state index contributed by atoms with van der Waals surface area (Å²) < 4.78 is 0. The van der Waals surface area contributed by atoms with E-state index >= 15 is 0 Å². The van der Waals surface area contributed by atoms with Crippen molar-refractivity contribution >= 4 is 17.8 Å². The first-order chi connectivity index (χ1) is 12.0. The van der Waals surface area contributed by atoms with Gasteiger partial charge in [0.1, 0.15) is 6.04 Å². The van der Waals surface area contributed by atoms with Gasteiger partial charge in [-0.3, -0.25) is 9.79 Å². The summed E-state index contributed by atoms with van der Waals surface area (Å²) in [6.45, 7) is 2.57. The van der Waals surface area contributed by atoms with Gasteiger partial charge in [0.05, 0.1) is 0 Å². The Morgan fingerprint density at radius 2 is 1.52 bits per heavy atom. The predicted octanol–water partition coefficient (Wildman–Crippen LogP) is 2.53. The Balaban J connectivity index is 3.75. The van der Waals surface area contributed by atoms with Gasteiger partial charge in [-0.15, -0.1) is 0 Å². The normalized spacial score (nSPS) is 11.7. The van der Waals surface area contributed by atoms with Crippen LogP contribution in [0.3, 0.4) is 0 Å². The number of hydrogen-bond donors (Lipinski definition) is 4. The van der Waals surface area contributed by atoms with E-state index in [1.165, 1.54) is 38.5 Å². The fourth-order valence-corrected chi connectivity index (χ4v) is 2.62. The molecular weight excluding hydrogens is 320 g/mol. The molecule has 0 rings (SSSR count). The van der Waals surface area contributed by atoms with Crippen molar-refractivity contribution in [3.63, 3.8) is 0 Å². The van der Waals surface area contributed by atoms with Gasteiger partial charge < -0.3 is 21.9 Å². The van der Waals surface area contributed by atoms with Crippen molar-refractivity contribution in [1.82, 2.24) is 5.32 Å². The van der Waals surface area contributed by atoms with Crippen molar-refractivity contribution in [2.45, 2.75) is 90.0 Å². The summed E-state index contributed by atoms with van der Waals surface area (Å²) in [4.78, 5) is 26.9. The van der Waals surface area contributed by atoms with Crippen molar-refractivity contribution in [3.05, 3.63) is 0 Å². The van der Waals surface area contributed by atoms with Gasteiger partial charge in [0.2, 0.25) is 5.91 Å². The third-order valence-corrected chi connectivity index (χ3v) is 4.09. The quantitative estimate of drug-likeness (QED) is 0.192. The molecule has 0 aliphatic heterocycles. The van der Waals surface area contributed by atoms with E-state index in [1.807, 2.05) is 0 Å². The van der Waals surface area contributed by atoms with Crippen LogP contribution in [0.15, 0.2) is 4.99 Å². The van der Waals surface area contributed by atoms with Gasteiger partial charge in [0.15, 0.2) is 5.96 Å². The summed E-state index contributed by atoms with van der Waals surface area (Å²) >= 11 is 0. The Kier molecular flexibility index (Phi) is 14.6. The minimum atomic E-state index is -1.02. The van der Waals surface area contributed by atoms with Crippen molar-refractivity contribution < 1.29 is 14.7 Å². The van der Waals surface area contributed by atoms with Crippen LogP contribution >= 0.6 is 0 Å². The van der Waals surface area contributed by atoms with Gasteiger partial charge >= 0.3 is 5.97 Å². The lowest BCUT2D eigenvalue weighted by Crippen LogP contribution is -2.40. The number of carbonyl (C=O) groups is 2. The average Bonchev–Trinajstić information content (AvgIpc) is 2.55. The van der Waals surface area contributed by atoms with Gasteiger partial charge in [-0.05, 0) is 19.3 Å². The molecule has 25 heavy (non-hydrogen) atoms. The van der Waals surface area contributed by atoms with E-state index in [4.69, 9.17) is 16.6 Å². The van der Waals surface area contributed by atoms with Crippen LogP contribution < -0.4 is 16.8 Å². The summed E-state index contributed by atoms with van der Waals surface area (Å²) in [5.74, 6) is -1.23. The molecule has 146 valence electrons. The highest BCUT2D eigenvalue weighted by molar-refractivity contribution is 5.83. The van der Waals surface area contributed by atoms with Gasteiger partial charge in [-0.2, -0.15) is 0 Å². The van der Waals surface area contributed by atoms with Crippen LogP contribution in [0.2, 0.25) is 0 Å². The number of amides is 1. The minimum Gasteiger partial charge on any atom is -0.480 e. The molecule has 6 N–H and O–H groups in total. The number of carboxylic acids is 1. The summed E-state index contributed by atoms with van der Waals surface area (Å²) in [5, 5.41) is 11.7.